The van der Waals surface area contributed by atoms with Crippen molar-refractivity contribution >= 4 is 34.4 Å². The predicted molar refractivity (Wildman–Crippen MR) is 124 cm³/mol. The van der Waals surface area contributed by atoms with Gasteiger partial charge in [-0.25, -0.2) is 0 Å². The number of benzene rings is 4. The summed E-state index contributed by atoms with van der Waals surface area (Å²) in [7, 11) is -1.84. The fourth-order valence-corrected chi connectivity index (χ4v) is 5.76. The van der Waals surface area contributed by atoms with Gasteiger partial charge in [0.05, 0.1) is 25.6 Å². The van der Waals surface area contributed by atoms with Gasteiger partial charge in [-0.15, -0.1) is 0 Å². The van der Waals surface area contributed by atoms with Crippen molar-refractivity contribution in [3.63, 3.8) is 0 Å². The van der Waals surface area contributed by atoms with Gasteiger partial charge >= 0.3 is 7.60 Å². The van der Waals surface area contributed by atoms with Crippen LogP contribution in [0.1, 0.15) is 13.8 Å². The van der Waals surface area contributed by atoms with Crippen LogP contribution in [0.3, 0.4) is 0 Å². The zero-order valence-corrected chi connectivity index (χ0v) is 18.3. The molecular formula is C25H25O4P. The van der Waals surface area contributed by atoms with E-state index in [1.54, 1.807) is 7.11 Å². The van der Waals surface area contributed by atoms with E-state index < -0.39 is 7.60 Å². The zero-order valence-electron chi connectivity index (χ0n) is 17.4. The van der Waals surface area contributed by atoms with Crippen LogP contribution in [-0.4, -0.2) is 20.3 Å². The van der Waals surface area contributed by atoms with Crippen molar-refractivity contribution in [2.75, 3.05) is 20.3 Å². The standard InChI is InChI=1S/C25H25O4P/c1-4-28-30(26,29-5-2)24-17-14-18-10-6-7-11-19(18)25(24)22-15-16-23(27-3)21-13-9-8-12-20(21)22/h6-17H,4-5H2,1-3H3. The normalized spacial score (nSPS) is 11.8. The Bertz CT molecular complexity index is 1240. The largest absolute Gasteiger partial charge is 0.496 e. The summed E-state index contributed by atoms with van der Waals surface area (Å²) >= 11 is 0. The van der Waals surface area contributed by atoms with Crippen LogP contribution in [0, 0.1) is 0 Å². The minimum absolute atomic E-state index is 0.299. The molecule has 5 heteroatoms. The molecule has 0 N–H and O–H groups in total. The molecule has 4 aromatic carbocycles. The van der Waals surface area contributed by atoms with Gasteiger partial charge in [-0.2, -0.15) is 0 Å². The first-order valence-electron chi connectivity index (χ1n) is 10.1. The highest BCUT2D eigenvalue weighted by molar-refractivity contribution is 7.62. The van der Waals surface area contributed by atoms with E-state index in [4.69, 9.17) is 13.8 Å². The van der Waals surface area contributed by atoms with E-state index in [-0.39, 0.29) is 0 Å². The summed E-state index contributed by atoms with van der Waals surface area (Å²) in [5, 5.41) is 4.67. The minimum Gasteiger partial charge on any atom is -0.496 e. The molecule has 0 spiro atoms. The lowest BCUT2D eigenvalue weighted by Crippen LogP contribution is -2.14. The van der Waals surface area contributed by atoms with Crippen molar-refractivity contribution in [3.8, 4) is 16.9 Å². The molecule has 30 heavy (non-hydrogen) atoms. The van der Waals surface area contributed by atoms with Crippen LogP contribution in [-0.2, 0) is 13.6 Å². The molecule has 0 radical (unpaired) electrons. The summed E-state index contributed by atoms with van der Waals surface area (Å²) in [5.74, 6) is 0.800. The molecule has 0 heterocycles. The summed E-state index contributed by atoms with van der Waals surface area (Å²) in [5.41, 5.74) is 1.84. The van der Waals surface area contributed by atoms with E-state index >= 15 is 0 Å². The first-order chi connectivity index (χ1) is 14.6. The average Bonchev–Trinajstić information content (AvgIpc) is 2.78. The van der Waals surface area contributed by atoms with Gasteiger partial charge in [-0.05, 0) is 47.7 Å². The molecule has 0 aliphatic rings. The molecule has 0 bridgehead atoms. The molecule has 0 aliphatic carbocycles. The Morgan fingerprint density at radius 3 is 2.03 bits per heavy atom. The van der Waals surface area contributed by atoms with Crippen molar-refractivity contribution in [2.45, 2.75) is 13.8 Å². The van der Waals surface area contributed by atoms with E-state index in [9.17, 15) is 4.57 Å². The van der Waals surface area contributed by atoms with Gasteiger partial charge in [0, 0.05) is 10.9 Å². The number of fused-ring (bicyclic) bond motifs is 2. The van der Waals surface area contributed by atoms with Crippen molar-refractivity contribution in [1.82, 2.24) is 0 Å². The Hall–Kier alpha value is -2.65. The van der Waals surface area contributed by atoms with Crippen LogP contribution in [0.5, 0.6) is 5.75 Å². The smallest absolute Gasteiger partial charge is 0.361 e. The SMILES string of the molecule is CCOP(=O)(OCC)c1ccc2ccccc2c1-c1ccc(OC)c2ccccc12. The highest BCUT2D eigenvalue weighted by atomic mass is 31.2. The average molecular weight is 420 g/mol. The number of hydrogen-bond donors (Lipinski definition) is 0. The molecule has 154 valence electrons. The third-order valence-electron chi connectivity index (χ3n) is 5.17. The number of rotatable bonds is 7. The van der Waals surface area contributed by atoms with Gasteiger partial charge in [0.2, 0.25) is 0 Å². The third-order valence-corrected chi connectivity index (χ3v) is 7.33. The molecule has 0 atom stereocenters. The summed E-state index contributed by atoms with van der Waals surface area (Å²) in [6, 6.07) is 24.0. The zero-order chi connectivity index (χ0) is 21.1. The molecule has 0 unspecified atom stereocenters. The molecule has 0 fully saturated rings. The van der Waals surface area contributed by atoms with E-state index in [0.717, 1.165) is 38.4 Å². The summed E-state index contributed by atoms with van der Waals surface area (Å²) < 4.78 is 30.9. The van der Waals surface area contributed by atoms with E-state index in [1.165, 1.54) is 0 Å². The Kier molecular flexibility index (Phi) is 5.92. The van der Waals surface area contributed by atoms with Crippen molar-refractivity contribution in [1.29, 1.82) is 0 Å². The van der Waals surface area contributed by atoms with Gasteiger partial charge < -0.3 is 13.8 Å². The number of ether oxygens (including phenoxy) is 1. The van der Waals surface area contributed by atoms with Crippen LogP contribution in [0.15, 0.2) is 72.8 Å². The topological polar surface area (TPSA) is 44.8 Å². The van der Waals surface area contributed by atoms with E-state index in [2.05, 4.69) is 18.2 Å². The Labute approximate surface area is 176 Å². The number of hydrogen-bond acceptors (Lipinski definition) is 4. The van der Waals surface area contributed by atoms with Crippen LogP contribution in [0.4, 0.5) is 0 Å². The quantitative estimate of drug-likeness (QED) is 0.318. The molecule has 4 nitrogen and oxygen atoms in total. The summed E-state index contributed by atoms with van der Waals surface area (Å²) in [6.07, 6.45) is 0. The van der Waals surface area contributed by atoms with E-state index in [1.807, 2.05) is 68.4 Å². The molecule has 0 saturated heterocycles. The third kappa shape index (κ3) is 3.52. The van der Waals surface area contributed by atoms with Gasteiger partial charge in [0.25, 0.3) is 0 Å². The second kappa shape index (κ2) is 8.61. The summed E-state index contributed by atoms with van der Waals surface area (Å²) in [6.45, 7) is 4.25. The lowest BCUT2D eigenvalue weighted by atomic mass is 9.93. The van der Waals surface area contributed by atoms with Crippen molar-refractivity contribution in [3.05, 3.63) is 72.8 Å². The lowest BCUT2D eigenvalue weighted by Gasteiger charge is -2.22. The van der Waals surface area contributed by atoms with Gasteiger partial charge in [0.15, 0.2) is 0 Å². The maximum Gasteiger partial charge on any atom is 0.361 e. The van der Waals surface area contributed by atoms with Gasteiger partial charge in [-0.3, -0.25) is 4.57 Å². The minimum atomic E-state index is -3.51. The Balaban J connectivity index is 2.13. The highest BCUT2D eigenvalue weighted by Gasteiger charge is 2.31. The lowest BCUT2D eigenvalue weighted by molar-refractivity contribution is 0.230. The van der Waals surface area contributed by atoms with Crippen molar-refractivity contribution in [2.24, 2.45) is 0 Å². The molecule has 0 aromatic heterocycles. The second-order valence-corrected chi connectivity index (χ2v) is 8.87. The second-order valence-electron chi connectivity index (χ2n) is 6.87. The molecule has 0 amide bonds. The summed E-state index contributed by atoms with van der Waals surface area (Å²) in [4.78, 5) is 0. The monoisotopic (exact) mass is 420 g/mol. The Morgan fingerprint density at radius 1 is 0.733 bits per heavy atom. The molecule has 0 saturated carbocycles. The maximum atomic E-state index is 13.8. The highest BCUT2D eigenvalue weighted by Crippen LogP contribution is 2.51. The Morgan fingerprint density at radius 2 is 1.37 bits per heavy atom. The molecule has 4 aromatic rings. The van der Waals surface area contributed by atoms with E-state index in [0.29, 0.717) is 18.5 Å². The molecule has 4 rings (SSSR count). The maximum absolute atomic E-state index is 13.8. The van der Waals surface area contributed by atoms with Crippen LogP contribution >= 0.6 is 7.60 Å². The van der Waals surface area contributed by atoms with Crippen LogP contribution in [0.2, 0.25) is 0 Å². The predicted octanol–water partition coefficient (Wildman–Crippen LogP) is 6.56. The first kappa shape index (κ1) is 20.6. The van der Waals surface area contributed by atoms with Crippen LogP contribution < -0.4 is 10.0 Å². The number of methoxy groups -OCH3 is 1. The van der Waals surface area contributed by atoms with Crippen LogP contribution in [0.25, 0.3) is 32.7 Å². The fraction of sp³-hybridized carbons (Fsp3) is 0.200. The first-order valence-corrected chi connectivity index (χ1v) is 11.6. The molecule has 0 aliphatic heterocycles. The van der Waals surface area contributed by atoms with Crippen molar-refractivity contribution < 1.29 is 18.3 Å². The molecular weight excluding hydrogens is 395 g/mol. The van der Waals surface area contributed by atoms with Gasteiger partial charge in [0.1, 0.15) is 5.75 Å². The fourth-order valence-electron chi connectivity index (χ4n) is 3.96. The van der Waals surface area contributed by atoms with Gasteiger partial charge in [-0.1, -0.05) is 60.7 Å².